The van der Waals surface area contributed by atoms with Crippen LogP contribution in [-0.4, -0.2) is 73.7 Å². The van der Waals surface area contributed by atoms with Crippen molar-refractivity contribution in [3.63, 3.8) is 0 Å². The molecule has 0 N–H and O–H groups in total. The highest BCUT2D eigenvalue weighted by molar-refractivity contribution is 8.43. The third-order valence-electron chi connectivity index (χ3n) is 7.66. The van der Waals surface area contributed by atoms with Crippen molar-refractivity contribution in [3.05, 3.63) is 0 Å². The van der Waals surface area contributed by atoms with Crippen molar-refractivity contribution in [3.8, 4) is 0 Å². The summed E-state index contributed by atoms with van der Waals surface area (Å²) in [5.74, 6) is 0. The van der Waals surface area contributed by atoms with Gasteiger partial charge in [-0.1, -0.05) is 58.9 Å². The monoisotopic (exact) mass is 420 g/mol. The second kappa shape index (κ2) is 4.94. The molecule has 0 saturated carbocycles. The molecule has 2 rings (SSSR count). The zero-order chi connectivity index (χ0) is 15.8. The maximum atomic E-state index is 14.1. The standard InChI is InChI=1S/C10H29FSi9/c1-12-16(4,5)14(2)18(8)13-20(10-11)15(3)17(6,7)19(18,20)9/h10H2,1-9H3. The van der Waals surface area contributed by atoms with Gasteiger partial charge in [-0.05, 0) is 0 Å². The van der Waals surface area contributed by atoms with Gasteiger partial charge in [-0.3, -0.25) is 4.39 Å². The maximum absolute atomic E-state index is 14.1. The molecule has 0 amide bonds. The van der Waals surface area contributed by atoms with E-state index in [1.54, 1.807) is 0 Å². The highest BCUT2D eigenvalue weighted by atomic mass is 30.6. The van der Waals surface area contributed by atoms with Crippen molar-refractivity contribution in [2.45, 2.75) is 58.9 Å². The molecule has 0 bridgehead atoms. The zero-order valence-corrected chi connectivity index (χ0v) is 23.6. The van der Waals surface area contributed by atoms with Crippen molar-refractivity contribution in [2.24, 2.45) is 0 Å². The fourth-order valence-corrected chi connectivity index (χ4v) is 412. The Morgan fingerprint density at radius 2 is 1.75 bits per heavy atom. The Bertz CT molecular complexity index is 429. The SMILES string of the molecule is C[Si][Si](C)(C)[Si](C)[Si]1(C)[Si][Si]2(CF)[Si](C)[Si](C)(C)[Si]12C. The Kier molecular flexibility index (Phi) is 4.50. The molecule has 10 heteroatoms. The molecule has 0 aromatic rings. The maximum Gasteiger partial charge on any atom is 0.0715 e. The van der Waals surface area contributed by atoms with Gasteiger partial charge in [0.05, 0.1) is 12.9 Å². The molecule has 2 fully saturated rings. The minimum atomic E-state index is -1.27. The van der Waals surface area contributed by atoms with E-state index in [9.17, 15) is 4.39 Å². The lowest BCUT2D eigenvalue weighted by molar-refractivity contribution is 0.592. The number of hydrogen-bond acceptors (Lipinski definition) is 0. The van der Waals surface area contributed by atoms with Gasteiger partial charge < -0.3 is 0 Å². The Hall–Kier alpha value is 1.88. The van der Waals surface area contributed by atoms with Crippen LogP contribution in [0.2, 0.25) is 58.9 Å². The predicted octanol–water partition coefficient (Wildman–Crippen LogP) is 2.29. The molecule has 2 heterocycles. The number of alkyl halides is 1. The summed E-state index contributed by atoms with van der Waals surface area (Å²) in [5.41, 5.74) is 0. The van der Waals surface area contributed by atoms with Crippen LogP contribution in [0.4, 0.5) is 4.39 Å². The Labute approximate surface area is 136 Å². The summed E-state index contributed by atoms with van der Waals surface area (Å²) in [5, 5.41) is 0. The van der Waals surface area contributed by atoms with E-state index < -0.39 is 34.1 Å². The van der Waals surface area contributed by atoms with Crippen molar-refractivity contribution < 1.29 is 4.39 Å². The van der Waals surface area contributed by atoms with Crippen LogP contribution >= 0.6 is 0 Å². The topological polar surface area (TPSA) is 0 Å². The van der Waals surface area contributed by atoms with E-state index in [0.717, 1.165) is 0 Å². The first-order chi connectivity index (χ1) is 8.89. The highest BCUT2D eigenvalue weighted by Gasteiger charge is 2.89. The third kappa shape index (κ3) is 1.68. The Morgan fingerprint density at radius 1 is 1.25 bits per heavy atom. The Morgan fingerprint density at radius 3 is 2.15 bits per heavy atom. The minimum Gasteiger partial charge on any atom is -0.256 e. The molecule has 6 radical (unpaired) electrons. The number of fused-ring (bicyclic) bond motifs is 1. The van der Waals surface area contributed by atoms with Crippen LogP contribution in [0.3, 0.4) is 0 Å². The summed E-state index contributed by atoms with van der Waals surface area (Å²) in [7, 11) is 0.323. The first-order valence-electron chi connectivity index (χ1n) is 7.62. The molecule has 0 aromatic heterocycles. The summed E-state index contributed by atoms with van der Waals surface area (Å²) >= 11 is 0. The lowest BCUT2D eigenvalue weighted by atomic mass is 11.8. The van der Waals surface area contributed by atoms with Crippen LogP contribution in [0.25, 0.3) is 0 Å². The molecule has 0 aromatic carbocycles. The van der Waals surface area contributed by atoms with E-state index in [1.165, 1.54) is 17.6 Å². The van der Waals surface area contributed by atoms with Gasteiger partial charge in [-0.2, -0.15) is 0 Å². The van der Waals surface area contributed by atoms with Gasteiger partial charge in [0.1, 0.15) is 0 Å². The normalized spacial score (nSPS) is 44.0. The number of halogens is 1. The van der Waals surface area contributed by atoms with Crippen molar-refractivity contribution in [1.29, 1.82) is 0 Å². The fourth-order valence-electron chi connectivity index (χ4n) is 5.06. The lowest BCUT2D eigenvalue weighted by Crippen LogP contribution is -3.19. The van der Waals surface area contributed by atoms with E-state index in [1.807, 2.05) is 0 Å². The smallest absolute Gasteiger partial charge is 0.0715 e. The molecule has 2 saturated heterocycles. The second-order valence-electron chi connectivity index (χ2n) is 8.16. The fraction of sp³-hybridized carbons (Fsp3) is 1.00. The van der Waals surface area contributed by atoms with E-state index in [2.05, 4.69) is 58.9 Å². The van der Waals surface area contributed by atoms with Gasteiger partial charge in [0.15, 0.2) is 0 Å². The van der Waals surface area contributed by atoms with E-state index in [0.29, 0.717) is 0 Å². The zero-order valence-electron chi connectivity index (χ0n) is 14.6. The highest BCUT2D eigenvalue weighted by Crippen LogP contribution is 2.57. The molecule has 0 aliphatic carbocycles. The van der Waals surface area contributed by atoms with E-state index in [-0.39, 0.29) is 22.0 Å². The van der Waals surface area contributed by atoms with E-state index >= 15 is 0 Å². The second-order valence-corrected chi connectivity index (χ2v) is 98.2. The average molecular weight is 421 g/mol. The van der Waals surface area contributed by atoms with Crippen LogP contribution < -0.4 is 0 Å². The molecule has 3 unspecified atom stereocenters. The van der Waals surface area contributed by atoms with Gasteiger partial charge in [-0.25, -0.2) is 0 Å². The largest absolute Gasteiger partial charge is 0.256 e. The summed E-state index contributed by atoms with van der Waals surface area (Å²) < 4.78 is 14.1. The minimum absolute atomic E-state index is 0.103. The summed E-state index contributed by atoms with van der Waals surface area (Å²) in [6.45, 7) is 20.9. The van der Waals surface area contributed by atoms with Crippen LogP contribution in [0.1, 0.15) is 0 Å². The van der Waals surface area contributed by atoms with Crippen LogP contribution in [0.5, 0.6) is 0 Å². The van der Waals surface area contributed by atoms with Crippen LogP contribution in [-0.2, 0) is 0 Å². The van der Waals surface area contributed by atoms with Crippen molar-refractivity contribution in [2.75, 3.05) is 6.30 Å². The lowest BCUT2D eigenvalue weighted by Gasteiger charge is -2.84. The van der Waals surface area contributed by atoms with Gasteiger partial charge in [0, 0.05) is 60.7 Å². The first kappa shape index (κ1) is 18.2. The van der Waals surface area contributed by atoms with Crippen LogP contribution in [0.15, 0.2) is 0 Å². The molecule has 0 nitrogen and oxygen atoms in total. The first-order valence-corrected chi connectivity index (χ1v) is 37.3. The number of rotatable bonds is 4. The number of hydrogen-bond donors (Lipinski definition) is 0. The van der Waals surface area contributed by atoms with Crippen molar-refractivity contribution in [1.82, 2.24) is 0 Å². The van der Waals surface area contributed by atoms with Gasteiger partial charge >= 0.3 is 0 Å². The molecule has 3 atom stereocenters. The molecular weight excluding hydrogens is 392 g/mol. The molecule has 2 aliphatic rings. The van der Waals surface area contributed by atoms with E-state index in [4.69, 9.17) is 0 Å². The average Bonchev–Trinajstić information content (AvgIpc) is 2.40. The quantitative estimate of drug-likeness (QED) is 0.612. The predicted molar refractivity (Wildman–Crippen MR) is 111 cm³/mol. The summed E-state index contributed by atoms with van der Waals surface area (Å²) in [4.78, 5) is 0. The van der Waals surface area contributed by atoms with Crippen molar-refractivity contribution >= 4 is 67.4 Å². The molecule has 20 heavy (non-hydrogen) atoms. The molecule has 2 aliphatic heterocycles. The van der Waals surface area contributed by atoms with Gasteiger partial charge in [0.25, 0.3) is 0 Å². The van der Waals surface area contributed by atoms with Gasteiger partial charge in [-0.15, -0.1) is 0 Å². The Balaban J connectivity index is 2.43. The summed E-state index contributed by atoms with van der Waals surface area (Å²) in [6, 6.07) is 0. The third-order valence-corrected chi connectivity index (χ3v) is 219. The molecule has 0 spiro atoms. The summed E-state index contributed by atoms with van der Waals surface area (Å²) in [6.07, 6.45) is 0.226. The molecule has 112 valence electrons. The van der Waals surface area contributed by atoms with Gasteiger partial charge in [0.2, 0.25) is 0 Å². The molecular formula is C10H29FSi9. The van der Waals surface area contributed by atoms with Crippen LogP contribution in [0, 0.1) is 0 Å².